The van der Waals surface area contributed by atoms with Crippen LogP contribution in [-0.2, 0) is 0 Å². The second-order valence-electron chi connectivity index (χ2n) is 3.31. The molecule has 0 amide bonds. The Hall–Kier alpha value is -2.29. The van der Waals surface area contributed by atoms with E-state index in [0.29, 0.717) is 0 Å². The lowest BCUT2D eigenvalue weighted by Crippen LogP contribution is -1.95. The predicted octanol–water partition coefficient (Wildman–Crippen LogP) is 3.06. The Morgan fingerprint density at radius 1 is 1.12 bits per heavy atom. The maximum atomic E-state index is 8.54. The summed E-state index contributed by atoms with van der Waals surface area (Å²) in [7, 11) is 0. The summed E-state index contributed by atoms with van der Waals surface area (Å²) >= 11 is 0. The van der Waals surface area contributed by atoms with Crippen LogP contribution in [0.1, 0.15) is 5.69 Å². The number of nitrogens with zero attached hydrogens (tertiary/aromatic N) is 2. The Kier molecular flexibility index (Phi) is 2.87. The van der Waals surface area contributed by atoms with Crippen molar-refractivity contribution in [3.05, 3.63) is 54.7 Å². The number of oxime groups is 1. The van der Waals surface area contributed by atoms with Crippen LogP contribution in [-0.4, -0.2) is 16.0 Å². The van der Waals surface area contributed by atoms with Crippen LogP contribution in [0.25, 0.3) is 17.5 Å². The fourth-order valence-electron chi connectivity index (χ4n) is 1.68. The summed E-state index contributed by atoms with van der Waals surface area (Å²) in [6.45, 7) is 3.75. The molecular formula is C13H12N2O. The standard InChI is InChI=1S/C13H12N2O/c1-2-15-12(10-14-16)8-9-13(15)11-6-4-3-5-7-11/h2-10,16H,1H2/b14-10+. The minimum Gasteiger partial charge on any atom is -0.411 e. The summed E-state index contributed by atoms with van der Waals surface area (Å²) in [5.41, 5.74) is 2.90. The Morgan fingerprint density at radius 3 is 2.50 bits per heavy atom. The second-order valence-corrected chi connectivity index (χ2v) is 3.31. The Bertz CT molecular complexity index is 512. The van der Waals surface area contributed by atoms with Crippen molar-refractivity contribution in [1.29, 1.82) is 0 Å². The quantitative estimate of drug-likeness (QED) is 0.474. The van der Waals surface area contributed by atoms with Gasteiger partial charge in [-0.05, 0) is 17.7 Å². The molecule has 0 saturated heterocycles. The summed E-state index contributed by atoms with van der Waals surface area (Å²) in [4.78, 5) is 0. The van der Waals surface area contributed by atoms with E-state index in [-0.39, 0.29) is 0 Å². The Morgan fingerprint density at radius 2 is 1.88 bits per heavy atom. The first-order valence-corrected chi connectivity index (χ1v) is 4.93. The highest BCUT2D eigenvalue weighted by atomic mass is 16.4. The van der Waals surface area contributed by atoms with Gasteiger partial charge in [0.2, 0.25) is 0 Å². The maximum Gasteiger partial charge on any atom is 0.0901 e. The highest BCUT2D eigenvalue weighted by Gasteiger charge is 2.05. The van der Waals surface area contributed by atoms with Crippen LogP contribution >= 0.6 is 0 Å². The molecule has 1 aromatic heterocycles. The molecule has 0 radical (unpaired) electrons. The summed E-state index contributed by atoms with van der Waals surface area (Å²) in [5, 5.41) is 11.6. The molecule has 3 heteroatoms. The van der Waals surface area contributed by atoms with Crippen molar-refractivity contribution in [2.45, 2.75) is 0 Å². The molecule has 0 unspecified atom stereocenters. The van der Waals surface area contributed by atoms with Crippen molar-refractivity contribution in [3.8, 4) is 11.3 Å². The molecule has 1 aromatic carbocycles. The van der Waals surface area contributed by atoms with E-state index < -0.39 is 0 Å². The third kappa shape index (κ3) is 1.75. The minimum absolute atomic E-state index is 0.788. The lowest BCUT2D eigenvalue weighted by molar-refractivity contribution is 0.321. The first-order valence-electron chi connectivity index (χ1n) is 4.93. The van der Waals surface area contributed by atoms with Crippen molar-refractivity contribution < 1.29 is 5.21 Å². The van der Waals surface area contributed by atoms with E-state index in [0.717, 1.165) is 17.0 Å². The minimum atomic E-state index is 0.788. The molecule has 0 spiro atoms. The number of hydrogen-bond donors (Lipinski definition) is 1. The van der Waals surface area contributed by atoms with Gasteiger partial charge in [0, 0.05) is 6.20 Å². The molecule has 3 nitrogen and oxygen atoms in total. The number of benzene rings is 1. The highest BCUT2D eigenvalue weighted by Crippen LogP contribution is 2.21. The van der Waals surface area contributed by atoms with E-state index >= 15 is 0 Å². The third-order valence-electron chi connectivity index (χ3n) is 2.39. The summed E-state index contributed by atoms with van der Waals surface area (Å²) in [6.07, 6.45) is 3.08. The Labute approximate surface area is 94.0 Å². The predicted molar refractivity (Wildman–Crippen MR) is 65.6 cm³/mol. The van der Waals surface area contributed by atoms with Gasteiger partial charge in [-0.2, -0.15) is 0 Å². The number of aromatic nitrogens is 1. The van der Waals surface area contributed by atoms with E-state index in [1.165, 1.54) is 6.21 Å². The van der Waals surface area contributed by atoms with Crippen LogP contribution in [0.2, 0.25) is 0 Å². The molecular weight excluding hydrogens is 200 g/mol. The Balaban J connectivity index is 2.54. The molecule has 0 fully saturated rings. The van der Waals surface area contributed by atoms with Crippen molar-refractivity contribution in [2.24, 2.45) is 5.16 Å². The van der Waals surface area contributed by atoms with E-state index in [2.05, 4.69) is 11.7 Å². The van der Waals surface area contributed by atoms with Crippen molar-refractivity contribution in [2.75, 3.05) is 0 Å². The molecule has 0 bridgehead atoms. The topological polar surface area (TPSA) is 37.5 Å². The van der Waals surface area contributed by atoms with Gasteiger partial charge in [0.15, 0.2) is 0 Å². The number of hydrogen-bond acceptors (Lipinski definition) is 2. The highest BCUT2D eigenvalue weighted by molar-refractivity contribution is 5.81. The molecule has 2 aromatic rings. The molecule has 16 heavy (non-hydrogen) atoms. The third-order valence-corrected chi connectivity index (χ3v) is 2.39. The smallest absolute Gasteiger partial charge is 0.0901 e. The summed E-state index contributed by atoms with van der Waals surface area (Å²) < 4.78 is 1.87. The van der Waals surface area contributed by atoms with Gasteiger partial charge in [0.1, 0.15) is 0 Å². The molecule has 0 aliphatic heterocycles. The maximum absolute atomic E-state index is 8.54. The van der Waals surface area contributed by atoms with Gasteiger partial charge in [-0.25, -0.2) is 0 Å². The molecule has 1 N–H and O–H groups in total. The van der Waals surface area contributed by atoms with Gasteiger partial charge in [-0.1, -0.05) is 42.1 Å². The fourth-order valence-corrected chi connectivity index (χ4v) is 1.68. The largest absolute Gasteiger partial charge is 0.411 e. The average Bonchev–Trinajstić information content (AvgIpc) is 2.73. The van der Waals surface area contributed by atoms with E-state index in [1.807, 2.05) is 47.0 Å². The van der Waals surface area contributed by atoms with Gasteiger partial charge in [0.05, 0.1) is 17.6 Å². The van der Waals surface area contributed by atoms with E-state index in [4.69, 9.17) is 5.21 Å². The van der Waals surface area contributed by atoms with Crippen molar-refractivity contribution >= 4 is 12.4 Å². The van der Waals surface area contributed by atoms with Crippen LogP contribution in [0.5, 0.6) is 0 Å². The summed E-state index contributed by atoms with van der Waals surface area (Å²) in [6, 6.07) is 13.8. The monoisotopic (exact) mass is 212 g/mol. The molecule has 0 aliphatic carbocycles. The molecule has 0 atom stereocenters. The second kappa shape index (κ2) is 4.49. The van der Waals surface area contributed by atoms with Crippen molar-refractivity contribution in [3.63, 3.8) is 0 Å². The lowest BCUT2D eigenvalue weighted by atomic mass is 10.1. The van der Waals surface area contributed by atoms with Crippen LogP contribution < -0.4 is 0 Å². The molecule has 0 saturated carbocycles. The zero-order valence-electron chi connectivity index (χ0n) is 8.74. The first kappa shape index (κ1) is 10.2. The van der Waals surface area contributed by atoms with Gasteiger partial charge < -0.3 is 9.77 Å². The van der Waals surface area contributed by atoms with Gasteiger partial charge >= 0.3 is 0 Å². The molecule has 2 rings (SSSR count). The van der Waals surface area contributed by atoms with Gasteiger partial charge in [0.25, 0.3) is 0 Å². The zero-order valence-corrected chi connectivity index (χ0v) is 8.74. The van der Waals surface area contributed by atoms with Crippen LogP contribution in [0.4, 0.5) is 0 Å². The van der Waals surface area contributed by atoms with Crippen LogP contribution in [0.15, 0.2) is 54.2 Å². The lowest BCUT2D eigenvalue weighted by Gasteiger charge is -2.05. The molecule has 1 heterocycles. The van der Waals surface area contributed by atoms with Crippen LogP contribution in [0, 0.1) is 0 Å². The van der Waals surface area contributed by atoms with Gasteiger partial charge in [-0.3, -0.25) is 0 Å². The first-order chi connectivity index (χ1) is 7.86. The van der Waals surface area contributed by atoms with Gasteiger partial charge in [-0.15, -0.1) is 0 Å². The van der Waals surface area contributed by atoms with E-state index in [1.54, 1.807) is 6.20 Å². The average molecular weight is 212 g/mol. The van der Waals surface area contributed by atoms with E-state index in [9.17, 15) is 0 Å². The summed E-state index contributed by atoms with van der Waals surface area (Å²) in [5.74, 6) is 0. The SMILES string of the molecule is C=Cn1c(/C=N/O)ccc1-c1ccccc1. The van der Waals surface area contributed by atoms with Crippen molar-refractivity contribution in [1.82, 2.24) is 4.57 Å². The van der Waals surface area contributed by atoms with Crippen LogP contribution in [0.3, 0.4) is 0 Å². The normalized spacial score (nSPS) is 10.8. The zero-order chi connectivity index (χ0) is 11.4. The fraction of sp³-hybridized carbons (Fsp3) is 0. The molecule has 0 aliphatic rings. The number of rotatable bonds is 3. The molecule has 80 valence electrons.